The fourth-order valence-corrected chi connectivity index (χ4v) is 5.02. The number of esters is 2. The minimum absolute atomic E-state index is 0.185. The second-order valence-corrected chi connectivity index (χ2v) is 8.12. The molecule has 33 heavy (non-hydrogen) atoms. The van der Waals surface area contributed by atoms with Gasteiger partial charge >= 0.3 is 11.9 Å². The van der Waals surface area contributed by atoms with Gasteiger partial charge in [0, 0.05) is 17.4 Å². The SMILES string of the molecule is COC(=O)[C@@H]1CC[C@H]([C@H](C(=O)OC)N2C(=O)c3ccccc3C2=O)[C@H]1C(=O)c1ccccc1. The van der Waals surface area contributed by atoms with E-state index in [1.54, 1.807) is 42.5 Å². The molecular weight excluding hydrogens is 426 g/mol. The number of rotatable bonds is 6. The van der Waals surface area contributed by atoms with Gasteiger partial charge in [-0.2, -0.15) is 0 Å². The fourth-order valence-electron chi connectivity index (χ4n) is 5.02. The summed E-state index contributed by atoms with van der Waals surface area (Å²) in [5, 5.41) is 0. The van der Waals surface area contributed by atoms with Crippen LogP contribution in [-0.4, -0.2) is 54.7 Å². The van der Waals surface area contributed by atoms with E-state index < -0.39 is 47.5 Å². The van der Waals surface area contributed by atoms with Gasteiger partial charge in [0.2, 0.25) is 0 Å². The molecule has 2 aromatic rings. The molecule has 1 aliphatic heterocycles. The summed E-state index contributed by atoms with van der Waals surface area (Å²) in [5.41, 5.74) is 0.740. The number of fused-ring (bicyclic) bond motifs is 1. The summed E-state index contributed by atoms with van der Waals surface area (Å²) in [6, 6.07) is 13.4. The Kier molecular flexibility index (Phi) is 6.09. The summed E-state index contributed by atoms with van der Waals surface area (Å²) in [6.07, 6.45) is 0.535. The highest BCUT2D eigenvalue weighted by atomic mass is 16.5. The first-order chi connectivity index (χ1) is 15.9. The lowest BCUT2D eigenvalue weighted by Crippen LogP contribution is -2.52. The maximum atomic E-state index is 13.6. The lowest BCUT2D eigenvalue weighted by Gasteiger charge is -2.32. The second-order valence-electron chi connectivity index (χ2n) is 8.12. The number of hydrogen-bond donors (Lipinski definition) is 0. The van der Waals surface area contributed by atoms with Gasteiger partial charge in [0.05, 0.1) is 31.3 Å². The Hall–Kier alpha value is -3.81. The van der Waals surface area contributed by atoms with Crippen LogP contribution in [0, 0.1) is 17.8 Å². The molecular formula is C25H23NO7. The van der Waals surface area contributed by atoms with Crippen LogP contribution in [0.5, 0.6) is 0 Å². The predicted octanol–water partition coefficient (Wildman–Crippen LogP) is 2.52. The molecule has 0 unspecified atom stereocenters. The molecule has 2 aromatic carbocycles. The Morgan fingerprint density at radius 2 is 1.42 bits per heavy atom. The van der Waals surface area contributed by atoms with Crippen LogP contribution in [0.1, 0.15) is 43.9 Å². The lowest BCUT2D eigenvalue weighted by atomic mass is 9.79. The van der Waals surface area contributed by atoms with E-state index in [0.29, 0.717) is 5.56 Å². The summed E-state index contributed by atoms with van der Waals surface area (Å²) in [7, 11) is 2.40. The molecule has 2 aliphatic rings. The highest BCUT2D eigenvalue weighted by molar-refractivity contribution is 6.22. The molecule has 1 fully saturated rings. The third-order valence-corrected chi connectivity index (χ3v) is 6.52. The van der Waals surface area contributed by atoms with Gasteiger partial charge in [0.1, 0.15) is 6.04 Å². The van der Waals surface area contributed by atoms with E-state index in [0.717, 1.165) is 12.0 Å². The van der Waals surface area contributed by atoms with Crippen molar-refractivity contribution >= 4 is 29.5 Å². The maximum absolute atomic E-state index is 13.6. The molecule has 0 bridgehead atoms. The number of benzene rings is 2. The van der Waals surface area contributed by atoms with Crippen LogP contribution in [0.2, 0.25) is 0 Å². The van der Waals surface area contributed by atoms with Crippen LogP contribution in [0.15, 0.2) is 54.6 Å². The van der Waals surface area contributed by atoms with E-state index in [9.17, 15) is 24.0 Å². The molecule has 4 rings (SSSR count). The number of amides is 2. The van der Waals surface area contributed by atoms with Gasteiger partial charge in [-0.1, -0.05) is 42.5 Å². The standard InChI is InChI=1S/C25H23NO7/c1-32-24(30)18-13-12-17(19(18)21(27)14-8-4-3-5-9-14)20(25(31)33-2)26-22(28)15-10-6-7-11-16(15)23(26)29/h3-11,17-20H,12-13H2,1-2H3/t17-,18+,19+,20+/m0/s1. The number of imide groups is 1. The zero-order valence-electron chi connectivity index (χ0n) is 18.2. The van der Waals surface area contributed by atoms with Crippen LogP contribution in [0.4, 0.5) is 0 Å². The Morgan fingerprint density at radius 3 is 1.97 bits per heavy atom. The van der Waals surface area contributed by atoms with Gasteiger partial charge in [-0.05, 0) is 25.0 Å². The zero-order valence-corrected chi connectivity index (χ0v) is 18.2. The van der Waals surface area contributed by atoms with Crippen molar-refractivity contribution < 1.29 is 33.4 Å². The average molecular weight is 449 g/mol. The topological polar surface area (TPSA) is 107 Å². The predicted molar refractivity (Wildman–Crippen MR) is 115 cm³/mol. The maximum Gasteiger partial charge on any atom is 0.329 e. The molecule has 1 saturated carbocycles. The van der Waals surface area contributed by atoms with E-state index >= 15 is 0 Å². The number of Topliss-reactive ketones (excluding diaryl/α,β-unsaturated/α-hetero) is 1. The number of hydrogen-bond acceptors (Lipinski definition) is 7. The number of nitrogens with zero attached hydrogens (tertiary/aromatic N) is 1. The molecule has 2 amide bonds. The molecule has 1 aliphatic carbocycles. The van der Waals surface area contributed by atoms with Gasteiger partial charge in [-0.25, -0.2) is 4.79 Å². The summed E-state index contributed by atoms with van der Waals surface area (Å²) >= 11 is 0. The van der Waals surface area contributed by atoms with Crippen LogP contribution in [0.25, 0.3) is 0 Å². The average Bonchev–Trinajstić information content (AvgIpc) is 3.39. The minimum Gasteiger partial charge on any atom is -0.469 e. The molecule has 0 N–H and O–H groups in total. The first-order valence-electron chi connectivity index (χ1n) is 10.6. The Balaban J connectivity index is 1.79. The normalized spacial score (nSPS) is 22.6. The van der Waals surface area contributed by atoms with Gasteiger partial charge in [-0.3, -0.25) is 24.1 Å². The van der Waals surface area contributed by atoms with Crippen LogP contribution in [0.3, 0.4) is 0 Å². The van der Waals surface area contributed by atoms with Crippen LogP contribution >= 0.6 is 0 Å². The van der Waals surface area contributed by atoms with Gasteiger partial charge < -0.3 is 9.47 Å². The molecule has 8 heteroatoms. The number of ether oxygens (including phenoxy) is 2. The molecule has 1 heterocycles. The van der Waals surface area contributed by atoms with Crippen molar-refractivity contribution in [2.45, 2.75) is 18.9 Å². The van der Waals surface area contributed by atoms with Crippen molar-refractivity contribution in [1.29, 1.82) is 0 Å². The van der Waals surface area contributed by atoms with E-state index in [4.69, 9.17) is 9.47 Å². The molecule has 0 spiro atoms. The molecule has 8 nitrogen and oxygen atoms in total. The smallest absolute Gasteiger partial charge is 0.329 e. The van der Waals surface area contributed by atoms with E-state index in [-0.39, 0.29) is 29.8 Å². The van der Waals surface area contributed by atoms with Crippen molar-refractivity contribution in [2.75, 3.05) is 14.2 Å². The van der Waals surface area contributed by atoms with E-state index in [1.165, 1.54) is 19.2 Å². The van der Waals surface area contributed by atoms with Crippen LogP contribution in [-0.2, 0) is 19.1 Å². The Morgan fingerprint density at radius 1 is 0.848 bits per heavy atom. The van der Waals surface area contributed by atoms with E-state index in [2.05, 4.69) is 0 Å². The first-order valence-corrected chi connectivity index (χ1v) is 10.6. The molecule has 0 aromatic heterocycles. The van der Waals surface area contributed by atoms with E-state index in [1.807, 2.05) is 0 Å². The van der Waals surface area contributed by atoms with Gasteiger partial charge in [0.15, 0.2) is 5.78 Å². The Bertz CT molecular complexity index is 1090. The Labute approximate surface area is 190 Å². The summed E-state index contributed by atoms with van der Waals surface area (Å²) in [4.78, 5) is 66.3. The number of carbonyl (C=O) groups excluding carboxylic acids is 5. The van der Waals surface area contributed by atoms with Gasteiger partial charge in [0.25, 0.3) is 11.8 Å². The molecule has 4 atom stereocenters. The summed E-state index contributed by atoms with van der Waals surface area (Å²) in [6.45, 7) is 0. The molecule has 170 valence electrons. The molecule has 0 radical (unpaired) electrons. The van der Waals surface area contributed by atoms with Crippen LogP contribution < -0.4 is 0 Å². The van der Waals surface area contributed by atoms with Crippen molar-refractivity contribution in [3.05, 3.63) is 71.3 Å². The minimum atomic E-state index is -1.35. The summed E-state index contributed by atoms with van der Waals surface area (Å²) in [5.74, 6) is -5.57. The largest absolute Gasteiger partial charge is 0.469 e. The number of carbonyl (C=O) groups is 5. The first kappa shape index (κ1) is 22.4. The summed E-state index contributed by atoms with van der Waals surface area (Å²) < 4.78 is 9.90. The molecule has 0 saturated heterocycles. The third-order valence-electron chi connectivity index (χ3n) is 6.52. The second kappa shape index (κ2) is 8.97. The van der Waals surface area contributed by atoms with Crippen molar-refractivity contribution in [1.82, 2.24) is 4.90 Å². The van der Waals surface area contributed by atoms with Gasteiger partial charge in [-0.15, -0.1) is 0 Å². The monoisotopic (exact) mass is 449 g/mol. The highest BCUT2D eigenvalue weighted by Crippen LogP contribution is 2.44. The lowest BCUT2D eigenvalue weighted by molar-refractivity contribution is -0.150. The van der Waals surface area contributed by atoms with Crippen molar-refractivity contribution in [3.63, 3.8) is 0 Å². The van der Waals surface area contributed by atoms with Crippen molar-refractivity contribution in [2.24, 2.45) is 17.8 Å². The third kappa shape index (κ3) is 3.71. The fraction of sp³-hybridized carbons (Fsp3) is 0.320. The number of ketones is 1. The zero-order chi connectivity index (χ0) is 23.7. The number of methoxy groups -OCH3 is 2. The van der Waals surface area contributed by atoms with Crippen molar-refractivity contribution in [3.8, 4) is 0 Å². The quantitative estimate of drug-likeness (QED) is 0.379. The highest BCUT2D eigenvalue weighted by Gasteiger charge is 2.55.